The van der Waals surface area contributed by atoms with Crippen molar-refractivity contribution in [3.8, 4) is 0 Å². The Hall–Kier alpha value is -2.28. The molecule has 3 aromatic rings. The van der Waals surface area contributed by atoms with Crippen LogP contribution in [0.5, 0.6) is 0 Å². The Kier molecular flexibility index (Phi) is 5.75. The lowest BCUT2D eigenvalue weighted by molar-refractivity contribution is -0.120. The summed E-state index contributed by atoms with van der Waals surface area (Å²) in [4.78, 5) is 16.8. The number of hydrogen-bond donors (Lipinski definition) is 1. The van der Waals surface area contributed by atoms with Gasteiger partial charge in [0.05, 0.1) is 11.4 Å². The first kappa shape index (κ1) is 17.5. The molecule has 7 heteroatoms. The molecule has 3 rings (SSSR count). The Labute approximate surface area is 151 Å². The molecule has 132 valence electrons. The summed E-state index contributed by atoms with van der Waals surface area (Å²) < 4.78 is 7.49. The van der Waals surface area contributed by atoms with Crippen molar-refractivity contribution in [3.05, 3.63) is 42.2 Å². The Balaban J connectivity index is 1.48. The number of nitrogens with one attached hydrogen (secondary N) is 1. The largest absolute Gasteiger partial charge is 0.431 e. The summed E-state index contributed by atoms with van der Waals surface area (Å²) in [7, 11) is 1.90. The highest BCUT2D eigenvalue weighted by molar-refractivity contribution is 8.00. The van der Waals surface area contributed by atoms with Crippen molar-refractivity contribution in [1.29, 1.82) is 0 Å². The molecule has 0 unspecified atom stereocenters. The summed E-state index contributed by atoms with van der Waals surface area (Å²) in [6.07, 6.45) is 6.38. The second-order valence-corrected chi connectivity index (χ2v) is 7.03. The number of para-hydroxylation sites is 2. The minimum Gasteiger partial charge on any atom is -0.431 e. The van der Waals surface area contributed by atoms with Gasteiger partial charge < -0.3 is 9.73 Å². The molecule has 0 aliphatic heterocycles. The molecule has 1 aromatic carbocycles. The molecule has 6 nitrogen and oxygen atoms in total. The van der Waals surface area contributed by atoms with E-state index in [2.05, 4.69) is 15.4 Å². The highest BCUT2D eigenvalue weighted by Gasteiger charge is 2.20. The van der Waals surface area contributed by atoms with Gasteiger partial charge in [0.1, 0.15) is 5.52 Å². The van der Waals surface area contributed by atoms with E-state index >= 15 is 0 Å². The van der Waals surface area contributed by atoms with E-state index < -0.39 is 0 Å². The van der Waals surface area contributed by atoms with Crippen molar-refractivity contribution < 1.29 is 9.21 Å². The van der Waals surface area contributed by atoms with Crippen LogP contribution in [0.15, 0.2) is 46.3 Å². The summed E-state index contributed by atoms with van der Waals surface area (Å²) in [5.41, 5.74) is 2.75. The number of hydrogen-bond acceptors (Lipinski definition) is 5. The maximum Gasteiger partial charge on any atom is 0.257 e. The van der Waals surface area contributed by atoms with E-state index in [1.54, 1.807) is 4.68 Å². The third-order valence-electron chi connectivity index (χ3n) is 3.88. The van der Waals surface area contributed by atoms with Crippen LogP contribution in [0.2, 0.25) is 0 Å². The van der Waals surface area contributed by atoms with Gasteiger partial charge in [0.15, 0.2) is 5.58 Å². The SMILES string of the molecule is CC[C@@H](Sc1nc2ccccc2o1)C(=O)NCCCc1cnn(C)c1. The fourth-order valence-electron chi connectivity index (χ4n) is 2.56. The standard InChI is InChI=1S/C18H22N4O2S/c1-3-16(25-18-21-14-8-4-5-9-15(14)24-18)17(23)19-10-6-7-13-11-20-22(2)12-13/h4-5,8-9,11-12,16H,3,6-7,10H2,1-2H3,(H,19,23)/t16-/m1/s1. The first-order valence-electron chi connectivity index (χ1n) is 8.43. The number of aryl methyl sites for hydroxylation is 2. The molecule has 0 saturated heterocycles. The molecular formula is C18H22N4O2S. The molecule has 1 atom stereocenters. The first-order valence-corrected chi connectivity index (χ1v) is 9.31. The van der Waals surface area contributed by atoms with Gasteiger partial charge in [-0.3, -0.25) is 9.48 Å². The first-order chi connectivity index (χ1) is 12.2. The molecule has 25 heavy (non-hydrogen) atoms. The van der Waals surface area contributed by atoms with Crippen LogP contribution in [-0.4, -0.2) is 32.5 Å². The van der Waals surface area contributed by atoms with Crippen molar-refractivity contribution in [2.75, 3.05) is 6.54 Å². The summed E-state index contributed by atoms with van der Waals surface area (Å²) >= 11 is 1.38. The quantitative estimate of drug-likeness (QED) is 0.494. The average molecular weight is 358 g/mol. The molecule has 0 aliphatic rings. The van der Waals surface area contributed by atoms with Gasteiger partial charge in [-0.05, 0) is 37.0 Å². The Morgan fingerprint density at radius 2 is 2.24 bits per heavy atom. The second kappa shape index (κ2) is 8.20. The highest BCUT2D eigenvalue weighted by Crippen LogP contribution is 2.28. The van der Waals surface area contributed by atoms with Crippen LogP contribution in [0.1, 0.15) is 25.3 Å². The number of oxazole rings is 1. The lowest BCUT2D eigenvalue weighted by Crippen LogP contribution is -2.33. The van der Waals surface area contributed by atoms with Crippen LogP contribution in [-0.2, 0) is 18.3 Å². The number of amides is 1. The van der Waals surface area contributed by atoms with E-state index in [4.69, 9.17) is 4.42 Å². The van der Waals surface area contributed by atoms with Crippen molar-refractivity contribution in [3.63, 3.8) is 0 Å². The maximum absolute atomic E-state index is 12.4. The Morgan fingerprint density at radius 3 is 2.96 bits per heavy atom. The normalized spacial score (nSPS) is 12.4. The molecular weight excluding hydrogens is 336 g/mol. The van der Waals surface area contributed by atoms with Crippen LogP contribution >= 0.6 is 11.8 Å². The highest BCUT2D eigenvalue weighted by atomic mass is 32.2. The van der Waals surface area contributed by atoms with Crippen molar-refractivity contribution in [1.82, 2.24) is 20.1 Å². The molecule has 0 saturated carbocycles. The third kappa shape index (κ3) is 4.63. The van der Waals surface area contributed by atoms with Crippen LogP contribution in [0.3, 0.4) is 0 Å². The Morgan fingerprint density at radius 1 is 1.40 bits per heavy atom. The average Bonchev–Trinajstić information content (AvgIpc) is 3.21. The number of carbonyl (C=O) groups is 1. The summed E-state index contributed by atoms with van der Waals surface area (Å²) in [5, 5.41) is 7.49. The fraction of sp³-hybridized carbons (Fsp3) is 0.389. The van der Waals surface area contributed by atoms with Gasteiger partial charge in [0, 0.05) is 19.8 Å². The number of fused-ring (bicyclic) bond motifs is 1. The third-order valence-corrected chi connectivity index (χ3v) is 5.09. The molecule has 2 heterocycles. The lowest BCUT2D eigenvalue weighted by atomic mass is 10.2. The number of aromatic nitrogens is 3. The molecule has 0 radical (unpaired) electrons. The number of thioether (sulfide) groups is 1. The minimum absolute atomic E-state index is 0.0287. The van der Waals surface area contributed by atoms with E-state index in [1.165, 1.54) is 17.3 Å². The van der Waals surface area contributed by atoms with Crippen LogP contribution in [0.25, 0.3) is 11.1 Å². The lowest BCUT2D eigenvalue weighted by Gasteiger charge is -2.12. The monoisotopic (exact) mass is 358 g/mol. The summed E-state index contributed by atoms with van der Waals surface area (Å²) in [6, 6.07) is 7.62. The number of nitrogens with zero attached hydrogens (tertiary/aromatic N) is 3. The molecule has 2 aromatic heterocycles. The zero-order valence-electron chi connectivity index (χ0n) is 14.4. The van der Waals surface area contributed by atoms with Gasteiger partial charge in [0.2, 0.25) is 5.91 Å². The van der Waals surface area contributed by atoms with E-state index in [9.17, 15) is 4.79 Å². The van der Waals surface area contributed by atoms with Crippen LogP contribution < -0.4 is 5.32 Å². The van der Waals surface area contributed by atoms with Gasteiger partial charge in [-0.25, -0.2) is 4.98 Å². The maximum atomic E-state index is 12.4. The van der Waals surface area contributed by atoms with Crippen molar-refractivity contribution in [2.24, 2.45) is 7.05 Å². The molecule has 0 spiro atoms. The van der Waals surface area contributed by atoms with Gasteiger partial charge in [-0.15, -0.1) is 0 Å². The van der Waals surface area contributed by atoms with E-state index in [0.29, 0.717) is 11.8 Å². The van der Waals surface area contributed by atoms with E-state index in [-0.39, 0.29) is 11.2 Å². The molecule has 0 bridgehead atoms. The van der Waals surface area contributed by atoms with Gasteiger partial charge in [-0.1, -0.05) is 30.8 Å². The summed E-state index contributed by atoms with van der Waals surface area (Å²) in [5.74, 6) is 0.0287. The predicted molar refractivity (Wildman–Crippen MR) is 98.5 cm³/mol. The number of carbonyl (C=O) groups excluding carboxylic acids is 1. The van der Waals surface area contributed by atoms with E-state index in [0.717, 1.165) is 30.4 Å². The number of rotatable bonds is 8. The zero-order valence-corrected chi connectivity index (χ0v) is 15.3. The van der Waals surface area contributed by atoms with Gasteiger partial charge in [0.25, 0.3) is 5.22 Å². The minimum atomic E-state index is -0.202. The van der Waals surface area contributed by atoms with Crippen molar-refractivity contribution in [2.45, 2.75) is 36.7 Å². The Bertz CT molecular complexity index is 809. The summed E-state index contributed by atoms with van der Waals surface area (Å²) in [6.45, 7) is 2.65. The predicted octanol–water partition coefficient (Wildman–Crippen LogP) is 3.18. The van der Waals surface area contributed by atoms with Crippen molar-refractivity contribution >= 4 is 28.8 Å². The fourth-order valence-corrected chi connectivity index (χ4v) is 3.45. The molecule has 0 fully saturated rings. The topological polar surface area (TPSA) is 73.0 Å². The molecule has 1 amide bonds. The molecule has 0 aliphatic carbocycles. The van der Waals surface area contributed by atoms with Gasteiger partial charge >= 0.3 is 0 Å². The second-order valence-electron chi connectivity index (χ2n) is 5.88. The smallest absolute Gasteiger partial charge is 0.257 e. The molecule has 1 N–H and O–H groups in total. The van der Waals surface area contributed by atoms with Crippen LogP contribution in [0.4, 0.5) is 0 Å². The number of benzene rings is 1. The van der Waals surface area contributed by atoms with Gasteiger partial charge in [-0.2, -0.15) is 5.10 Å². The zero-order chi connectivity index (χ0) is 17.6. The van der Waals surface area contributed by atoms with Crippen LogP contribution in [0, 0.1) is 0 Å². The van der Waals surface area contributed by atoms with E-state index in [1.807, 2.05) is 50.6 Å².